The van der Waals surface area contributed by atoms with Gasteiger partial charge in [0.2, 0.25) is 0 Å². The summed E-state index contributed by atoms with van der Waals surface area (Å²) in [6, 6.07) is 0. The van der Waals surface area contributed by atoms with Crippen LogP contribution in [0.15, 0.2) is 12.2 Å². The van der Waals surface area contributed by atoms with E-state index >= 15 is 0 Å². The van der Waals surface area contributed by atoms with E-state index in [2.05, 4.69) is 4.74 Å². The molecule has 0 bridgehead atoms. The van der Waals surface area contributed by atoms with Gasteiger partial charge in [0.1, 0.15) is 6.61 Å². The summed E-state index contributed by atoms with van der Waals surface area (Å²) < 4.78 is 4.22. The van der Waals surface area contributed by atoms with E-state index in [1.54, 1.807) is 6.08 Å². The van der Waals surface area contributed by atoms with Crippen LogP contribution in [0.5, 0.6) is 0 Å². The zero-order valence-electron chi connectivity index (χ0n) is 6.20. The molecule has 0 fully saturated rings. The van der Waals surface area contributed by atoms with Crippen molar-refractivity contribution in [2.75, 3.05) is 6.61 Å². The molecule has 0 rings (SSSR count). The predicted molar refractivity (Wildman–Crippen MR) is 38.0 cm³/mol. The smallest absolute Gasteiger partial charge is 0.450 e. The van der Waals surface area contributed by atoms with Crippen molar-refractivity contribution in [3.8, 4) is 0 Å². The zero-order valence-corrected chi connectivity index (χ0v) is 6.20. The van der Waals surface area contributed by atoms with E-state index in [-0.39, 0.29) is 6.61 Å². The summed E-state index contributed by atoms with van der Waals surface area (Å²) >= 11 is 0. The van der Waals surface area contributed by atoms with Crippen molar-refractivity contribution in [3.63, 3.8) is 0 Å². The van der Waals surface area contributed by atoms with Gasteiger partial charge in [0.15, 0.2) is 0 Å². The summed E-state index contributed by atoms with van der Waals surface area (Å²) in [5.41, 5.74) is 0. The topological polar surface area (TPSA) is 46.5 Å². The molecule has 0 radical (unpaired) electrons. The third-order valence-electron chi connectivity index (χ3n) is 0.824. The lowest BCUT2D eigenvalue weighted by molar-refractivity contribution is 0.102. The number of rotatable bonds is 3. The number of hydrogen-bond donors (Lipinski definition) is 1. The minimum absolute atomic E-state index is 0.146. The van der Waals surface area contributed by atoms with Gasteiger partial charge in [-0.15, -0.1) is 0 Å². The molecule has 0 aromatic carbocycles. The Labute approximate surface area is 60.3 Å². The molecular formula is C7H12O3. The lowest BCUT2D eigenvalue weighted by Gasteiger charge is -1.94. The Morgan fingerprint density at radius 3 is 2.70 bits per heavy atom. The quantitative estimate of drug-likeness (QED) is 0.486. The summed E-state index contributed by atoms with van der Waals surface area (Å²) in [7, 11) is 0. The summed E-state index contributed by atoms with van der Waals surface area (Å²) in [5.74, 6) is 0.442. The van der Waals surface area contributed by atoms with Crippen LogP contribution < -0.4 is 0 Å². The van der Waals surface area contributed by atoms with E-state index in [1.807, 2.05) is 19.9 Å². The van der Waals surface area contributed by atoms with Crippen molar-refractivity contribution in [3.05, 3.63) is 12.2 Å². The van der Waals surface area contributed by atoms with E-state index < -0.39 is 6.16 Å². The van der Waals surface area contributed by atoms with Gasteiger partial charge in [-0.05, 0) is 5.92 Å². The highest BCUT2D eigenvalue weighted by atomic mass is 16.7. The number of hydrogen-bond acceptors (Lipinski definition) is 2. The maximum atomic E-state index is 9.79. The predicted octanol–water partition coefficient (Wildman–Crippen LogP) is 1.89. The van der Waals surface area contributed by atoms with Crippen LogP contribution in [0.25, 0.3) is 0 Å². The Bertz CT molecular complexity index is 127. The number of ether oxygens (including phenoxy) is 1. The zero-order chi connectivity index (χ0) is 7.98. The molecule has 0 spiro atoms. The lowest BCUT2D eigenvalue weighted by atomic mass is 10.2. The second-order valence-electron chi connectivity index (χ2n) is 2.25. The standard InChI is InChI=1S/C7H12O3/c1-6(2)4-3-5-10-7(8)9/h3-4,6H,5H2,1-2H3,(H,8,9). The van der Waals surface area contributed by atoms with Crippen LogP contribution in [0.3, 0.4) is 0 Å². The third kappa shape index (κ3) is 7.01. The molecule has 3 nitrogen and oxygen atoms in total. The van der Waals surface area contributed by atoms with E-state index in [0.29, 0.717) is 5.92 Å². The Kier molecular flexibility index (Phi) is 4.37. The lowest BCUT2D eigenvalue weighted by Crippen LogP contribution is -1.99. The molecule has 0 aromatic rings. The molecule has 0 aliphatic rings. The second-order valence-corrected chi connectivity index (χ2v) is 2.25. The summed E-state index contributed by atoms with van der Waals surface area (Å²) in [6.45, 7) is 4.17. The van der Waals surface area contributed by atoms with Crippen molar-refractivity contribution < 1.29 is 14.6 Å². The maximum absolute atomic E-state index is 9.79. The normalized spacial score (nSPS) is 10.7. The van der Waals surface area contributed by atoms with Crippen molar-refractivity contribution in [1.29, 1.82) is 0 Å². The molecule has 10 heavy (non-hydrogen) atoms. The Hall–Kier alpha value is -0.990. The van der Waals surface area contributed by atoms with Gasteiger partial charge in [0, 0.05) is 0 Å². The first kappa shape index (κ1) is 9.01. The highest BCUT2D eigenvalue weighted by Gasteiger charge is 1.90. The number of allylic oxidation sites excluding steroid dienone is 1. The van der Waals surface area contributed by atoms with Gasteiger partial charge in [0.05, 0.1) is 0 Å². The van der Waals surface area contributed by atoms with Gasteiger partial charge in [-0.3, -0.25) is 0 Å². The fourth-order valence-corrected chi connectivity index (χ4v) is 0.447. The molecule has 3 heteroatoms. The van der Waals surface area contributed by atoms with E-state index in [4.69, 9.17) is 5.11 Å². The van der Waals surface area contributed by atoms with Gasteiger partial charge in [0.25, 0.3) is 0 Å². The minimum Gasteiger partial charge on any atom is -0.450 e. The molecule has 0 unspecified atom stereocenters. The van der Waals surface area contributed by atoms with Crippen LogP contribution in [0.2, 0.25) is 0 Å². The van der Waals surface area contributed by atoms with Crippen LogP contribution in [-0.4, -0.2) is 17.9 Å². The molecule has 58 valence electrons. The molecule has 0 saturated heterocycles. The van der Waals surface area contributed by atoms with E-state index in [9.17, 15) is 4.79 Å². The van der Waals surface area contributed by atoms with Crippen LogP contribution in [-0.2, 0) is 4.74 Å². The second kappa shape index (κ2) is 4.85. The molecule has 0 atom stereocenters. The molecule has 0 aromatic heterocycles. The fourth-order valence-electron chi connectivity index (χ4n) is 0.447. The van der Waals surface area contributed by atoms with Gasteiger partial charge in [-0.25, -0.2) is 4.79 Å². The van der Waals surface area contributed by atoms with Crippen molar-refractivity contribution >= 4 is 6.16 Å². The average Bonchev–Trinajstić information content (AvgIpc) is 1.79. The average molecular weight is 144 g/mol. The molecule has 0 heterocycles. The minimum atomic E-state index is -1.23. The molecule has 0 saturated carbocycles. The SMILES string of the molecule is CC(C)C=CCOC(=O)O. The van der Waals surface area contributed by atoms with E-state index in [1.165, 1.54) is 0 Å². The van der Waals surface area contributed by atoms with Crippen LogP contribution in [0, 0.1) is 5.92 Å². The number of carbonyl (C=O) groups is 1. The van der Waals surface area contributed by atoms with Gasteiger partial charge < -0.3 is 9.84 Å². The first-order valence-electron chi connectivity index (χ1n) is 3.15. The highest BCUT2D eigenvalue weighted by molar-refractivity contribution is 5.56. The summed E-state index contributed by atoms with van der Waals surface area (Å²) in [5, 5.41) is 8.02. The molecule has 0 amide bonds. The van der Waals surface area contributed by atoms with Gasteiger partial charge in [-0.2, -0.15) is 0 Å². The first-order valence-corrected chi connectivity index (χ1v) is 3.15. The largest absolute Gasteiger partial charge is 0.506 e. The highest BCUT2D eigenvalue weighted by Crippen LogP contribution is 1.92. The van der Waals surface area contributed by atoms with Crippen molar-refractivity contribution in [2.45, 2.75) is 13.8 Å². The van der Waals surface area contributed by atoms with Crippen molar-refractivity contribution in [1.82, 2.24) is 0 Å². The fraction of sp³-hybridized carbons (Fsp3) is 0.571. The molecule has 1 N–H and O–H groups in total. The van der Waals surface area contributed by atoms with Gasteiger partial charge >= 0.3 is 6.16 Å². The molecule has 0 aliphatic heterocycles. The summed E-state index contributed by atoms with van der Waals surface area (Å²) in [4.78, 5) is 9.79. The monoisotopic (exact) mass is 144 g/mol. The summed E-state index contributed by atoms with van der Waals surface area (Å²) in [6.07, 6.45) is 2.36. The molecule has 0 aliphatic carbocycles. The van der Waals surface area contributed by atoms with E-state index in [0.717, 1.165) is 0 Å². The van der Waals surface area contributed by atoms with Crippen LogP contribution in [0.1, 0.15) is 13.8 Å². The third-order valence-corrected chi connectivity index (χ3v) is 0.824. The Morgan fingerprint density at radius 1 is 1.70 bits per heavy atom. The first-order chi connectivity index (χ1) is 4.63. The van der Waals surface area contributed by atoms with Crippen LogP contribution >= 0.6 is 0 Å². The Balaban J connectivity index is 3.27. The van der Waals surface area contributed by atoms with Crippen molar-refractivity contribution in [2.24, 2.45) is 5.92 Å². The maximum Gasteiger partial charge on any atom is 0.506 e. The van der Waals surface area contributed by atoms with Crippen LogP contribution in [0.4, 0.5) is 4.79 Å². The number of carboxylic acid groups (broad SMARTS) is 1. The molecular weight excluding hydrogens is 132 g/mol. The van der Waals surface area contributed by atoms with Gasteiger partial charge in [-0.1, -0.05) is 26.0 Å². The Morgan fingerprint density at radius 2 is 2.30 bits per heavy atom.